The maximum atomic E-state index is 12.5. The van der Waals surface area contributed by atoms with Crippen LogP contribution in [0.15, 0.2) is 0 Å². The number of hydrogen-bond donors (Lipinski definition) is 1. The Morgan fingerprint density at radius 3 is 2.40 bits per heavy atom. The van der Waals surface area contributed by atoms with E-state index < -0.39 is 5.54 Å². The number of piperazine rings is 1. The largest absolute Gasteiger partial charge is 0.340 e. The van der Waals surface area contributed by atoms with Crippen molar-refractivity contribution in [3.8, 4) is 0 Å². The number of carbonyl (C=O) groups is 2. The molecule has 20 heavy (non-hydrogen) atoms. The van der Waals surface area contributed by atoms with Gasteiger partial charge in [-0.2, -0.15) is 0 Å². The van der Waals surface area contributed by atoms with Crippen molar-refractivity contribution in [1.29, 1.82) is 0 Å². The molecule has 2 saturated heterocycles. The van der Waals surface area contributed by atoms with E-state index in [1.54, 1.807) is 18.7 Å². The Morgan fingerprint density at radius 2 is 1.85 bits per heavy atom. The molecule has 0 saturated carbocycles. The number of likely N-dealkylation sites (tertiary alicyclic amines) is 1. The summed E-state index contributed by atoms with van der Waals surface area (Å²) in [6, 6.07) is -0.347. The molecule has 1 N–H and O–H groups in total. The highest BCUT2D eigenvalue weighted by Crippen LogP contribution is 2.23. The summed E-state index contributed by atoms with van der Waals surface area (Å²) < 4.78 is 0. The molecule has 0 aliphatic carbocycles. The average Bonchev–Trinajstić information content (AvgIpc) is 2.42. The van der Waals surface area contributed by atoms with Gasteiger partial charge in [-0.25, -0.2) is 0 Å². The van der Waals surface area contributed by atoms with Crippen molar-refractivity contribution in [3.63, 3.8) is 0 Å². The lowest BCUT2D eigenvalue weighted by Gasteiger charge is -2.44. The first-order chi connectivity index (χ1) is 9.35. The van der Waals surface area contributed by atoms with Gasteiger partial charge in [0, 0.05) is 6.54 Å². The Kier molecular flexibility index (Phi) is 4.37. The van der Waals surface area contributed by atoms with Gasteiger partial charge in [-0.1, -0.05) is 6.92 Å². The normalized spacial score (nSPS) is 28.6. The number of hydrogen-bond acceptors (Lipinski definition) is 3. The Hall–Kier alpha value is -1.10. The van der Waals surface area contributed by atoms with Crippen molar-refractivity contribution < 1.29 is 9.59 Å². The lowest BCUT2D eigenvalue weighted by molar-refractivity contribution is -0.153. The third-order valence-electron chi connectivity index (χ3n) is 4.69. The Balaban J connectivity index is 2.00. The third kappa shape index (κ3) is 2.97. The molecule has 0 bridgehead atoms. The molecular weight excluding hydrogens is 254 g/mol. The predicted octanol–water partition coefficient (Wildman–Crippen LogP) is 0.844. The van der Waals surface area contributed by atoms with Gasteiger partial charge in [0.25, 0.3) is 0 Å². The van der Waals surface area contributed by atoms with E-state index in [0.29, 0.717) is 12.5 Å². The summed E-state index contributed by atoms with van der Waals surface area (Å²) in [7, 11) is 0. The third-order valence-corrected chi connectivity index (χ3v) is 4.69. The lowest BCUT2D eigenvalue weighted by Crippen LogP contribution is -2.68. The molecule has 2 rings (SSSR count). The van der Waals surface area contributed by atoms with Crippen molar-refractivity contribution in [2.24, 2.45) is 5.92 Å². The van der Waals surface area contributed by atoms with Gasteiger partial charge < -0.3 is 15.1 Å². The molecule has 1 unspecified atom stereocenters. The quantitative estimate of drug-likeness (QED) is 0.834. The maximum Gasteiger partial charge on any atom is 0.248 e. The molecule has 1 atom stereocenters. The molecule has 2 fully saturated rings. The Bertz CT molecular complexity index is 387. The van der Waals surface area contributed by atoms with Crippen LogP contribution in [0.3, 0.4) is 0 Å². The second-order valence-corrected chi connectivity index (χ2v) is 6.63. The predicted molar refractivity (Wildman–Crippen MR) is 78.2 cm³/mol. The molecule has 2 aliphatic rings. The van der Waals surface area contributed by atoms with Crippen LogP contribution in [0.2, 0.25) is 0 Å². The SMILES string of the molecule is CCN1CCC(CN2C(=O)C(C)(C)NC(=O)C2C)CC1. The summed E-state index contributed by atoms with van der Waals surface area (Å²) in [5.41, 5.74) is -0.770. The van der Waals surface area contributed by atoms with Crippen LogP contribution in [-0.4, -0.2) is 59.4 Å². The number of nitrogens with zero attached hydrogens (tertiary/aromatic N) is 2. The molecule has 0 aromatic carbocycles. The van der Waals surface area contributed by atoms with Crippen LogP contribution in [0.25, 0.3) is 0 Å². The smallest absolute Gasteiger partial charge is 0.248 e. The number of carbonyl (C=O) groups excluding carboxylic acids is 2. The molecule has 0 aromatic rings. The Morgan fingerprint density at radius 1 is 1.25 bits per heavy atom. The fourth-order valence-electron chi connectivity index (χ4n) is 3.15. The van der Waals surface area contributed by atoms with Crippen LogP contribution in [0, 0.1) is 5.92 Å². The van der Waals surface area contributed by atoms with E-state index in [0.717, 1.165) is 32.5 Å². The molecule has 2 amide bonds. The number of rotatable bonds is 3. The van der Waals surface area contributed by atoms with E-state index in [2.05, 4.69) is 17.1 Å². The first-order valence-electron chi connectivity index (χ1n) is 7.70. The standard InChI is InChI=1S/C15H27N3O2/c1-5-17-8-6-12(7-9-17)10-18-11(2)13(19)16-15(3,4)14(18)20/h11-12H,5-10H2,1-4H3,(H,16,19). The van der Waals surface area contributed by atoms with Crippen LogP contribution in [0.1, 0.15) is 40.5 Å². The second-order valence-electron chi connectivity index (χ2n) is 6.63. The van der Waals surface area contributed by atoms with Gasteiger partial charge in [0.1, 0.15) is 11.6 Å². The highest BCUT2D eigenvalue weighted by molar-refractivity contribution is 5.99. The van der Waals surface area contributed by atoms with Gasteiger partial charge in [-0.15, -0.1) is 0 Å². The van der Waals surface area contributed by atoms with Crippen LogP contribution in [-0.2, 0) is 9.59 Å². The van der Waals surface area contributed by atoms with E-state index in [1.807, 2.05) is 6.92 Å². The highest BCUT2D eigenvalue weighted by atomic mass is 16.2. The minimum absolute atomic E-state index is 0.0411. The fraction of sp³-hybridized carbons (Fsp3) is 0.867. The Labute approximate surface area is 121 Å². The molecule has 0 spiro atoms. The molecule has 5 nitrogen and oxygen atoms in total. The zero-order valence-corrected chi connectivity index (χ0v) is 13.1. The minimum Gasteiger partial charge on any atom is -0.340 e. The van der Waals surface area contributed by atoms with Crippen LogP contribution in [0.4, 0.5) is 0 Å². The molecule has 0 aromatic heterocycles. The molecule has 0 radical (unpaired) electrons. The zero-order valence-electron chi connectivity index (χ0n) is 13.1. The van der Waals surface area contributed by atoms with Crippen LogP contribution < -0.4 is 5.32 Å². The maximum absolute atomic E-state index is 12.5. The first kappa shape index (κ1) is 15.3. The monoisotopic (exact) mass is 281 g/mol. The fourth-order valence-corrected chi connectivity index (χ4v) is 3.15. The van der Waals surface area contributed by atoms with Crippen molar-refractivity contribution in [2.45, 2.75) is 52.1 Å². The molecule has 2 aliphatic heterocycles. The average molecular weight is 281 g/mol. The molecule has 5 heteroatoms. The van der Waals surface area contributed by atoms with Crippen molar-refractivity contribution >= 4 is 11.8 Å². The summed E-state index contributed by atoms with van der Waals surface area (Å²) in [6.45, 7) is 11.6. The number of piperidine rings is 1. The molecule has 114 valence electrons. The van der Waals surface area contributed by atoms with Crippen LogP contribution in [0.5, 0.6) is 0 Å². The second kappa shape index (κ2) is 5.72. The van der Waals surface area contributed by atoms with Gasteiger partial charge in [0.2, 0.25) is 11.8 Å². The van der Waals surface area contributed by atoms with E-state index in [-0.39, 0.29) is 17.9 Å². The topological polar surface area (TPSA) is 52.6 Å². The van der Waals surface area contributed by atoms with E-state index in [4.69, 9.17) is 0 Å². The van der Waals surface area contributed by atoms with Gasteiger partial charge in [-0.3, -0.25) is 9.59 Å². The van der Waals surface area contributed by atoms with E-state index in [9.17, 15) is 9.59 Å². The zero-order chi connectivity index (χ0) is 14.9. The van der Waals surface area contributed by atoms with Crippen molar-refractivity contribution in [1.82, 2.24) is 15.1 Å². The summed E-state index contributed by atoms with van der Waals surface area (Å²) in [4.78, 5) is 28.7. The van der Waals surface area contributed by atoms with Crippen molar-refractivity contribution in [3.05, 3.63) is 0 Å². The molecular formula is C15H27N3O2. The van der Waals surface area contributed by atoms with E-state index >= 15 is 0 Å². The lowest BCUT2D eigenvalue weighted by atomic mass is 9.92. The first-order valence-corrected chi connectivity index (χ1v) is 7.70. The van der Waals surface area contributed by atoms with Gasteiger partial charge >= 0.3 is 0 Å². The summed E-state index contributed by atoms with van der Waals surface area (Å²) in [5, 5.41) is 2.80. The number of nitrogens with one attached hydrogen (secondary N) is 1. The van der Waals surface area contributed by atoms with Gasteiger partial charge in [0.15, 0.2) is 0 Å². The van der Waals surface area contributed by atoms with Gasteiger partial charge in [-0.05, 0) is 59.2 Å². The van der Waals surface area contributed by atoms with Crippen LogP contribution >= 0.6 is 0 Å². The minimum atomic E-state index is -0.770. The summed E-state index contributed by atoms with van der Waals surface area (Å²) in [5.74, 6) is 0.522. The molecule has 2 heterocycles. The van der Waals surface area contributed by atoms with Gasteiger partial charge in [0.05, 0.1) is 0 Å². The van der Waals surface area contributed by atoms with Crippen molar-refractivity contribution in [2.75, 3.05) is 26.2 Å². The summed E-state index contributed by atoms with van der Waals surface area (Å²) in [6.07, 6.45) is 2.23. The summed E-state index contributed by atoms with van der Waals surface area (Å²) >= 11 is 0. The van der Waals surface area contributed by atoms with E-state index in [1.165, 1.54) is 0 Å². The highest BCUT2D eigenvalue weighted by Gasteiger charge is 2.43. The number of amides is 2.